The number of nitrogens with zero attached hydrogens (tertiary/aromatic N) is 2. The molecule has 0 atom stereocenters. The Hall–Kier alpha value is -2.04. The second-order valence-electron chi connectivity index (χ2n) is 7.52. The molecule has 1 aliphatic rings. The summed E-state index contributed by atoms with van der Waals surface area (Å²) in [4.78, 5) is 29.1. The molecule has 2 rings (SSSR count). The highest BCUT2D eigenvalue weighted by Crippen LogP contribution is 2.21. The van der Waals surface area contributed by atoms with Crippen LogP contribution in [0, 0.1) is 0 Å². The number of carbonyl (C=O) groups is 2. The Balaban J connectivity index is 1.94. The summed E-state index contributed by atoms with van der Waals surface area (Å²) in [6, 6.07) is 7.86. The third-order valence-electron chi connectivity index (χ3n) is 5.34. The fourth-order valence-electron chi connectivity index (χ4n) is 3.77. The van der Waals surface area contributed by atoms with Gasteiger partial charge >= 0.3 is 0 Å². The molecule has 1 saturated carbocycles. The Morgan fingerprint density at radius 1 is 1.07 bits per heavy atom. The average molecular weight is 374 g/mol. The number of likely N-dealkylation sites (N-methyl/N-ethyl adjacent to an activating group) is 1. The summed E-state index contributed by atoms with van der Waals surface area (Å²) in [6.45, 7) is 5.98. The summed E-state index contributed by atoms with van der Waals surface area (Å²) < 4.78 is 0. The van der Waals surface area contributed by atoms with E-state index in [1.54, 1.807) is 0 Å². The van der Waals surface area contributed by atoms with Crippen molar-refractivity contribution in [2.24, 2.45) is 0 Å². The zero-order valence-corrected chi connectivity index (χ0v) is 17.2. The Kier molecular flexibility index (Phi) is 8.62. The standard InChI is InChI=1S/C22H35N3O2/c1-4-14-25(15-5-2)22(27)18-10-9-11-19(16-18)23-17-21(26)24(3)20-12-7-6-8-13-20/h9-11,16,20,23H,4-8,12-15,17H2,1-3H3. The van der Waals surface area contributed by atoms with E-state index in [1.807, 2.05) is 41.1 Å². The molecule has 0 unspecified atom stereocenters. The minimum absolute atomic E-state index is 0.0630. The molecule has 2 amide bonds. The first-order valence-corrected chi connectivity index (χ1v) is 10.5. The van der Waals surface area contributed by atoms with Crippen molar-refractivity contribution in [1.29, 1.82) is 0 Å². The molecule has 150 valence electrons. The molecule has 1 aliphatic carbocycles. The van der Waals surface area contributed by atoms with Crippen LogP contribution in [0.15, 0.2) is 24.3 Å². The molecule has 0 saturated heterocycles. The van der Waals surface area contributed by atoms with Gasteiger partial charge in [-0.15, -0.1) is 0 Å². The second-order valence-corrected chi connectivity index (χ2v) is 7.52. The van der Waals surface area contributed by atoms with Crippen molar-refractivity contribution < 1.29 is 9.59 Å². The maximum Gasteiger partial charge on any atom is 0.253 e. The van der Waals surface area contributed by atoms with Gasteiger partial charge in [0.25, 0.3) is 5.91 Å². The fourth-order valence-corrected chi connectivity index (χ4v) is 3.77. The van der Waals surface area contributed by atoms with Crippen LogP contribution in [0.5, 0.6) is 0 Å². The number of amides is 2. The number of carbonyl (C=O) groups excluding carboxylic acids is 2. The van der Waals surface area contributed by atoms with E-state index in [2.05, 4.69) is 19.2 Å². The highest BCUT2D eigenvalue weighted by atomic mass is 16.2. The molecular weight excluding hydrogens is 338 g/mol. The van der Waals surface area contributed by atoms with E-state index in [9.17, 15) is 9.59 Å². The van der Waals surface area contributed by atoms with E-state index in [4.69, 9.17) is 0 Å². The van der Waals surface area contributed by atoms with E-state index in [0.29, 0.717) is 11.6 Å². The zero-order chi connectivity index (χ0) is 19.6. The van der Waals surface area contributed by atoms with E-state index in [1.165, 1.54) is 19.3 Å². The van der Waals surface area contributed by atoms with E-state index in [-0.39, 0.29) is 18.4 Å². The number of hydrogen-bond acceptors (Lipinski definition) is 3. The zero-order valence-electron chi connectivity index (χ0n) is 17.2. The smallest absolute Gasteiger partial charge is 0.253 e. The number of anilines is 1. The maximum absolute atomic E-state index is 12.8. The lowest BCUT2D eigenvalue weighted by Crippen LogP contribution is -2.41. The summed E-state index contributed by atoms with van der Waals surface area (Å²) >= 11 is 0. The largest absolute Gasteiger partial charge is 0.376 e. The van der Waals surface area contributed by atoms with Crippen LogP contribution in [0.1, 0.15) is 69.2 Å². The van der Waals surface area contributed by atoms with Crippen LogP contribution in [0.4, 0.5) is 5.69 Å². The van der Waals surface area contributed by atoms with Crippen molar-refractivity contribution in [2.75, 3.05) is 32.0 Å². The molecule has 1 aromatic carbocycles. The van der Waals surface area contributed by atoms with Crippen LogP contribution in [-0.4, -0.2) is 54.3 Å². The average Bonchev–Trinajstić information content (AvgIpc) is 2.71. The van der Waals surface area contributed by atoms with Gasteiger partial charge in [0.1, 0.15) is 0 Å². The van der Waals surface area contributed by atoms with Crippen molar-refractivity contribution in [3.63, 3.8) is 0 Å². The molecule has 0 aromatic heterocycles. The van der Waals surface area contributed by atoms with Crippen LogP contribution in [0.3, 0.4) is 0 Å². The number of hydrogen-bond donors (Lipinski definition) is 1. The summed E-state index contributed by atoms with van der Waals surface area (Å²) in [5.41, 5.74) is 1.49. The Bertz CT molecular complexity index is 605. The Morgan fingerprint density at radius 3 is 2.37 bits per heavy atom. The molecular formula is C22H35N3O2. The van der Waals surface area contributed by atoms with Gasteiger partial charge in [0.05, 0.1) is 6.54 Å². The number of nitrogens with one attached hydrogen (secondary N) is 1. The maximum atomic E-state index is 12.8. The van der Waals surface area contributed by atoms with Crippen LogP contribution in [0.2, 0.25) is 0 Å². The quantitative estimate of drug-likeness (QED) is 0.707. The molecule has 1 fully saturated rings. The third kappa shape index (κ3) is 6.26. The lowest BCUT2D eigenvalue weighted by molar-refractivity contribution is -0.130. The SMILES string of the molecule is CCCN(CCC)C(=O)c1cccc(NCC(=O)N(C)C2CCCCC2)c1. The second kappa shape index (κ2) is 11.0. The first-order chi connectivity index (χ1) is 13.1. The van der Waals surface area contributed by atoms with Gasteiger partial charge < -0.3 is 15.1 Å². The van der Waals surface area contributed by atoms with Crippen LogP contribution in [-0.2, 0) is 4.79 Å². The van der Waals surface area contributed by atoms with Crippen LogP contribution >= 0.6 is 0 Å². The molecule has 0 bridgehead atoms. The number of rotatable bonds is 9. The molecule has 0 radical (unpaired) electrons. The van der Waals surface area contributed by atoms with E-state index in [0.717, 1.165) is 44.5 Å². The van der Waals surface area contributed by atoms with Gasteiger partial charge in [-0.25, -0.2) is 0 Å². The lowest BCUT2D eigenvalue weighted by atomic mass is 9.94. The minimum Gasteiger partial charge on any atom is -0.376 e. The van der Waals surface area contributed by atoms with Crippen molar-refractivity contribution in [3.05, 3.63) is 29.8 Å². The molecule has 0 heterocycles. The third-order valence-corrected chi connectivity index (χ3v) is 5.34. The van der Waals surface area contributed by atoms with Crippen molar-refractivity contribution in [2.45, 2.75) is 64.8 Å². The van der Waals surface area contributed by atoms with Crippen LogP contribution < -0.4 is 5.32 Å². The van der Waals surface area contributed by atoms with Gasteiger partial charge in [0.2, 0.25) is 5.91 Å². The first kappa shape index (κ1) is 21.3. The summed E-state index contributed by atoms with van der Waals surface area (Å²) in [5, 5.41) is 3.20. The molecule has 27 heavy (non-hydrogen) atoms. The minimum atomic E-state index is 0.0630. The number of benzene rings is 1. The van der Waals surface area contributed by atoms with Gasteiger partial charge in [0.15, 0.2) is 0 Å². The highest BCUT2D eigenvalue weighted by Gasteiger charge is 2.21. The Morgan fingerprint density at radius 2 is 1.74 bits per heavy atom. The molecule has 0 aliphatic heterocycles. The summed E-state index contributed by atoms with van der Waals surface area (Å²) in [7, 11) is 1.91. The van der Waals surface area contributed by atoms with E-state index < -0.39 is 0 Å². The molecule has 1 N–H and O–H groups in total. The molecule has 5 nitrogen and oxygen atoms in total. The molecule has 5 heteroatoms. The topological polar surface area (TPSA) is 52.7 Å². The molecule has 0 spiro atoms. The Labute approximate surface area is 164 Å². The van der Waals surface area contributed by atoms with Gasteiger partial charge in [-0.3, -0.25) is 9.59 Å². The van der Waals surface area contributed by atoms with E-state index >= 15 is 0 Å². The van der Waals surface area contributed by atoms with Gasteiger partial charge in [-0.1, -0.05) is 39.2 Å². The first-order valence-electron chi connectivity index (χ1n) is 10.5. The van der Waals surface area contributed by atoms with Gasteiger partial charge in [-0.2, -0.15) is 0 Å². The van der Waals surface area contributed by atoms with Crippen molar-refractivity contribution >= 4 is 17.5 Å². The van der Waals surface area contributed by atoms with Gasteiger partial charge in [0, 0.05) is 37.4 Å². The van der Waals surface area contributed by atoms with Crippen molar-refractivity contribution in [3.8, 4) is 0 Å². The van der Waals surface area contributed by atoms with Gasteiger partial charge in [-0.05, 0) is 43.9 Å². The molecule has 1 aromatic rings. The van der Waals surface area contributed by atoms with Crippen molar-refractivity contribution in [1.82, 2.24) is 9.80 Å². The summed E-state index contributed by atoms with van der Waals surface area (Å²) in [5.74, 6) is 0.172. The highest BCUT2D eigenvalue weighted by molar-refractivity contribution is 5.95. The monoisotopic (exact) mass is 373 g/mol. The lowest BCUT2D eigenvalue weighted by Gasteiger charge is -2.31. The fraction of sp³-hybridized carbons (Fsp3) is 0.636. The van der Waals surface area contributed by atoms with Crippen LogP contribution in [0.25, 0.3) is 0 Å². The summed E-state index contributed by atoms with van der Waals surface area (Å²) in [6.07, 6.45) is 7.83. The predicted molar refractivity (Wildman–Crippen MR) is 111 cm³/mol. The predicted octanol–water partition coefficient (Wildman–Crippen LogP) is 4.15. The normalized spacial score (nSPS) is 14.6.